The minimum Gasteiger partial charge on any atom is -0.507 e. The van der Waals surface area contributed by atoms with Crippen LogP contribution in [0.15, 0.2) is 47.4 Å². The number of phenolic OH excluding ortho intramolecular Hbond substituents is 1. The first-order valence-corrected chi connectivity index (χ1v) is 9.08. The van der Waals surface area contributed by atoms with E-state index in [1.165, 1.54) is 18.2 Å². The quantitative estimate of drug-likeness (QED) is 0.605. The number of nitrogens with zero attached hydrogens (tertiary/aromatic N) is 3. The molecular formula is C15H13N5O5S. The predicted molar refractivity (Wildman–Crippen MR) is 89.9 cm³/mol. The van der Waals surface area contributed by atoms with E-state index in [2.05, 4.69) is 25.9 Å². The van der Waals surface area contributed by atoms with E-state index in [1.54, 1.807) is 24.3 Å². The Hall–Kier alpha value is -3.47. The van der Waals surface area contributed by atoms with Gasteiger partial charge in [-0.15, -0.1) is 10.2 Å². The second-order valence-corrected chi connectivity index (χ2v) is 7.20. The van der Waals surface area contributed by atoms with Crippen molar-refractivity contribution in [3.63, 3.8) is 0 Å². The molecule has 1 heterocycles. The lowest BCUT2D eigenvalue weighted by Gasteiger charge is -2.09. The number of hydrogen-bond acceptors (Lipinski definition) is 8. The molecule has 0 aliphatic heterocycles. The molecule has 0 unspecified atom stereocenters. The Morgan fingerprint density at radius 2 is 1.85 bits per heavy atom. The standard InChI is InChI=1S/C15H13N5O5S/c1-26(23,24)13-8-11(6-7-12(13)21)25-10-4-2-9(3-5-10)16-15(22)14-17-19-20-18-14/h2-8,21H,1H3,(H,16,22)(H,17,18,19,20). The molecule has 0 aliphatic carbocycles. The number of benzene rings is 2. The Balaban J connectivity index is 1.73. The molecule has 0 radical (unpaired) electrons. The van der Waals surface area contributed by atoms with E-state index in [9.17, 15) is 18.3 Å². The number of phenols is 1. The molecular weight excluding hydrogens is 362 g/mol. The largest absolute Gasteiger partial charge is 0.507 e. The monoisotopic (exact) mass is 375 g/mol. The summed E-state index contributed by atoms with van der Waals surface area (Å²) in [7, 11) is -3.59. The number of aromatic amines is 1. The predicted octanol–water partition coefficient (Wildman–Crippen LogP) is 1.35. The van der Waals surface area contributed by atoms with Gasteiger partial charge in [-0.05, 0) is 41.6 Å². The van der Waals surface area contributed by atoms with Crippen molar-refractivity contribution in [3.8, 4) is 17.2 Å². The minimum atomic E-state index is -3.59. The minimum absolute atomic E-state index is 0.0947. The number of tetrazole rings is 1. The van der Waals surface area contributed by atoms with Crippen LogP contribution in [0.2, 0.25) is 0 Å². The van der Waals surface area contributed by atoms with Gasteiger partial charge < -0.3 is 15.2 Å². The smallest absolute Gasteiger partial charge is 0.297 e. The maximum absolute atomic E-state index is 11.8. The van der Waals surface area contributed by atoms with E-state index >= 15 is 0 Å². The van der Waals surface area contributed by atoms with Gasteiger partial charge in [-0.1, -0.05) is 0 Å². The normalized spacial score (nSPS) is 11.1. The first-order valence-electron chi connectivity index (χ1n) is 7.19. The van der Waals surface area contributed by atoms with Gasteiger partial charge in [0.2, 0.25) is 0 Å². The fourth-order valence-electron chi connectivity index (χ4n) is 2.04. The number of amides is 1. The van der Waals surface area contributed by atoms with Gasteiger partial charge in [0.25, 0.3) is 11.7 Å². The summed E-state index contributed by atoms with van der Waals surface area (Å²) in [5, 5.41) is 24.8. The Morgan fingerprint density at radius 1 is 1.15 bits per heavy atom. The lowest BCUT2D eigenvalue weighted by molar-refractivity contribution is 0.101. The van der Waals surface area contributed by atoms with Gasteiger partial charge in [-0.3, -0.25) is 4.79 Å². The number of carbonyl (C=O) groups is 1. The van der Waals surface area contributed by atoms with Gasteiger partial charge in [-0.25, -0.2) is 8.42 Å². The van der Waals surface area contributed by atoms with Gasteiger partial charge in [0.05, 0.1) is 0 Å². The molecule has 0 spiro atoms. The van der Waals surface area contributed by atoms with E-state index in [1.807, 2.05) is 0 Å². The topological polar surface area (TPSA) is 147 Å². The van der Waals surface area contributed by atoms with Crippen molar-refractivity contribution >= 4 is 21.4 Å². The summed E-state index contributed by atoms with van der Waals surface area (Å²) in [4.78, 5) is 11.6. The molecule has 0 atom stereocenters. The molecule has 3 N–H and O–H groups in total. The van der Waals surface area contributed by atoms with Crippen LogP contribution in [0.25, 0.3) is 0 Å². The molecule has 10 nitrogen and oxygen atoms in total. The van der Waals surface area contributed by atoms with Crippen LogP contribution in [-0.2, 0) is 9.84 Å². The highest BCUT2D eigenvalue weighted by molar-refractivity contribution is 7.90. The van der Waals surface area contributed by atoms with Gasteiger partial charge in [-0.2, -0.15) is 5.21 Å². The number of aromatic nitrogens is 4. The summed E-state index contributed by atoms with van der Waals surface area (Å²) in [5.74, 6) is -0.314. The van der Waals surface area contributed by atoms with Crippen LogP contribution in [-0.4, -0.2) is 46.3 Å². The number of H-pyrrole nitrogens is 1. The van der Waals surface area contributed by atoms with Crippen LogP contribution >= 0.6 is 0 Å². The molecule has 1 aromatic heterocycles. The lowest BCUT2D eigenvalue weighted by Crippen LogP contribution is -2.13. The SMILES string of the molecule is CS(=O)(=O)c1cc(Oc2ccc(NC(=O)c3nn[nH]n3)cc2)ccc1O. The highest BCUT2D eigenvalue weighted by Crippen LogP contribution is 2.30. The number of nitrogens with one attached hydrogen (secondary N) is 2. The first-order chi connectivity index (χ1) is 12.3. The fourth-order valence-corrected chi connectivity index (χ4v) is 2.82. The van der Waals surface area contributed by atoms with Crippen molar-refractivity contribution in [2.45, 2.75) is 4.90 Å². The number of hydrogen-bond donors (Lipinski definition) is 3. The highest BCUT2D eigenvalue weighted by atomic mass is 32.2. The summed E-state index contributed by atoms with van der Waals surface area (Å²) in [6.45, 7) is 0. The molecule has 0 bridgehead atoms. The van der Waals surface area contributed by atoms with Gasteiger partial charge in [0, 0.05) is 18.0 Å². The van der Waals surface area contributed by atoms with Crippen LogP contribution in [0.3, 0.4) is 0 Å². The molecule has 0 saturated carbocycles. The van der Waals surface area contributed by atoms with Gasteiger partial charge in [0.1, 0.15) is 22.1 Å². The summed E-state index contributed by atoms with van der Waals surface area (Å²) in [5.41, 5.74) is 0.481. The van der Waals surface area contributed by atoms with E-state index in [0.717, 1.165) is 6.26 Å². The van der Waals surface area contributed by atoms with Crippen molar-refractivity contribution in [1.82, 2.24) is 20.6 Å². The van der Waals surface area contributed by atoms with Crippen molar-refractivity contribution in [2.75, 3.05) is 11.6 Å². The summed E-state index contributed by atoms with van der Waals surface area (Å²) in [6.07, 6.45) is 0.993. The molecule has 3 aromatic rings. The van der Waals surface area contributed by atoms with E-state index in [0.29, 0.717) is 11.4 Å². The van der Waals surface area contributed by atoms with Crippen LogP contribution < -0.4 is 10.1 Å². The van der Waals surface area contributed by atoms with E-state index < -0.39 is 15.7 Å². The van der Waals surface area contributed by atoms with Crippen molar-refractivity contribution in [1.29, 1.82) is 0 Å². The van der Waals surface area contributed by atoms with Crippen LogP contribution in [0.1, 0.15) is 10.6 Å². The Morgan fingerprint density at radius 3 is 2.46 bits per heavy atom. The third kappa shape index (κ3) is 3.95. The van der Waals surface area contributed by atoms with Crippen molar-refractivity contribution in [2.24, 2.45) is 0 Å². The molecule has 11 heteroatoms. The van der Waals surface area contributed by atoms with E-state index in [4.69, 9.17) is 4.74 Å². The van der Waals surface area contributed by atoms with Crippen molar-refractivity contribution < 1.29 is 23.1 Å². The maximum Gasteiger partial charge on any atom is 0.297 e. The zero-order chi connectivity index (χ0) is 18.7. The number of aromatic hydroxyl groups is 1. The van der Waals surface area contributed by atoms with Gasteiger partial charge in [0.15, 0.2) is 9.84 Å². The molecule has 2 aromatic carbocycles. The average Bonchev–Trinajstić information content (AvgIpc) is 3.12. The Kier molecular flexibility index (Phi) is 4.54. The third-order valence-corrected chi connectivity index (χ3v) is 4.35. The molecule has 0 fully saturated rings. The Labute approximate surface area is 147 Å². The fraction of sp³-hybridized carbons (Fsp3) is 0.0667. The summed E-state index contributed by atoms with van der Waals surface area (Å²) < 4.78 is 28.8. The molecule has 0 saturated heterocycles. The number of ether oxygens (including phenoxy) is 1. The van der Waals surface area contributed by atoms with Gasteiger partial charge >= 0.3 is 0 Å². The summed E-state index contributed by atoms with van der Waals surface area (Å²) in [6, 6.07) is 10.3. The molecule has 0 aliphatic rings. The van der Waals surface area contributed by atoms with Crippen LogP contribution in [0.4, 0.5) is 5.69 Å². The number of sulfone groups is 1. The molecule has 3 rings (SSSR count). The molecule has 26 heavy (non-hydrogen) atoms. The summed E-state index contributed by atoms with van der Waals surface area (Å²) >= 11 is 0. The highest BCUT2D eigenvalue weighted by Gasteiger charge is 2.15. The maximum atomic E-state index is 11.8. The van der Waals surface area contributed by atoms with Crippen LogP contribution in [0.5, 0.6) is 17.2 Å². The molecule has 1 amide bonds. The first kappa shape index (κ1) is 17.4. The second-order valence-electron chi connectivity index (χ2n) is 5.22. The zero-order valence-corrected chi connectivity index (χ0v) is 14.2. The Bertz CT molecular complexity index is 1030. The average molecular weight is 375 g/mol. The molecule has 134 valence electrons. The van der Waals surface area contributed by atoms with Crippen LogP contribution in [0, 0.1) is 0 Å². The number of rotatable bonds is 5. The number of anilines is 1. The number of carbonyl (C=O) groups excluding carboxylic acids is 1. The van der Waals surface area contributed by atoms with E-state index in [-0.39, 0.29) is 22.2 Å². The van der Waals surface area contributed by atoms with Crippen molar-refractivity contribution in [3.05, 3.63) is 48.3 Å². The third-order valence-electron chi connectivity index (χ3n) is 3.23. The zero-order valence-electron chi connectivity index (χ0n) is 13.4. The second kappa shape index (κ2) is 6.80. The lowest BCUT2D eigenvalue weighted by atomic mass is 10.3.